The molecule has 2 aromatic rings. The molecule has 0 saturated heterocycles. The van der Waals surface area contributed by atoms with Crippen molar-refractivity contribution in [1.82, 2.24) is 14.9 Å². The number of hydrogen-bond donors (Lipinski definition) is 1. The van der Waals surface area contributed by atoms with Crippen LogP contribution in [0.15, 0.2) is 16.2 Å². The first-order valence-electron chi connectivity index (χ1n) is 5.70. The number of carbonyl (C=O) groups is 1. The summed E-state index contributed by atoms with van der Waals surface area (Å²) in [6, 6.07) is 1.80. The van der Waals surface area contributed by atoms with Crippen LogP contribution in [0.2, 0.25) is 0 Å². The minimum Gasteiger partial charge on any atom is -0.337 e. The zero-order valence-electron chi connectivity index (χ0n) is 10.9. The van der Waals surface area contributed by atoms with Crippen molar-refractivity contribution in [3.8, 4) is 0 Å². The van der Waals surface area contributed by atoms with Gasteiger partial charge in [-0.3, -0.25) is 9.59 Å². The quantitative estimate of drug-likeness (QED) is 0.868. The van der Waals surface area contributed by atoms with Gasteiger partial charge in [0.15, 0.2) is 0 Å². The van der Waals surface area contributed by atoms with Gasteiger partial charge in [-0.1, -0.05) is 15.9 Å². The highest BCUT2D eigenvalue weighted by Gasteiger charge is 2.27. The van der Waals surface area contributed by atoms with Crippen LogP contribution in [-0.4, -0.2) is 32.1 Å². The molecule has 0 unspecified atom stereocenters. The van der Waals surface area contributed by atoms with Gasteiger partial charge in [0.05, 0.1) is 16.4 Å². The molecule has 0 spiro atoms. The van der Waals surface area contributed by atoms with E-state index in [4.69, 9.17) is 0 Å². The summed E-state index contributed by atoms with van der Waals surface area (Å²) >= 11 is 4.68. The lowest BCUT2D eigenvalue weighted by Gasteiger charge is -2.24. The van der Waals surface area contributed by atoms with Crippen LogP contribution in [0.1, 0.15) is 19.7 Å². The first-order valence-corrected chi connectivity index (χ1v) is 7.37. The van der Waals surface area contributed by atoms with Crippen molar-refractivity contribution < 1.29 is 4.79 Å². The van der Waals surface area contributed by atoms with Gasteiger partial charge in [-0.25, -0.2) is 4.98 Å². The zero-order chi connectivity index (χ0) is 14.2. The number of aromatic nitrogens is 2. The van der Waals surface area contributed by atoms with Crippen LogP contribution in [0.25, 0.3) is 10.2 Å². The predicted molar refractivity (Wildman–Crippen MR) is 79.7 cm³/mol. The normalized spacial score (nSPS) is 11.8. The molecule has 2 heterocycles. The lowest BCUT2D eigenvalue weighted by Crippen LogP contribution is -2.39. The molecule has 0 atom stereocenters. The Morgan fingerprint density at radius 2 is 2.26 bits per heavy atom. The number of H-pyrrole nitrogens is 1. The van der Waals surface area contributed by atoms with Crippen molar-refractivity contribution in [2.75, 3.05) is 7.05 Å². The molecular weight excluding hydrogens is 330 g/mol. The highest BCUT2D eigenvalue weighted by Crippen LogP contribution is 2.19. The molecule has 0 saturated carbocycles. The van der Waals surface area contributed by atoms with E-state index in [1.54, 1.807) is 27.0 Å². The number of rotatable bonds is 3. The number of halogens is 1. The lowest BCUT2D eigenvalue weighted by atomic mass is 10.2. The van der Waals surface area contributed by atoms with Crippen LogP contribution in [0.4, 0.5) is 0 Å². The highest BCUT2D eigenvalue weighted by molar-refractivity contribution is 9.10. The molecule has 5 nitrogen and oxygen atoms in total. The molecular formula is C12H14BrN3O2S. The van der Waals surface area contributed by atoms with Gasteiger partial charge in [-0.05, 0) is 25.3 Å². The van der Waals surface area contributed by atoms with Crippen molar-refractivity contribution >= 4 is 43.4 Å². The molecule has 19 heavy (non-hydrogen) atoms. The molecule has 2 aromatic heterocycles. The fraction of sp³-hybridized carbons (Fsp3) is 0.417. The monoisotopic (exact) mass is 343 g/mol. The van der Waals surface area contributed by atoms with E-state index in [9.17, 15) is 9.59 Å². The Hall–Kier alpha value is -1.21. The number of nitrogens with zero attached hydrogens (tertiary/aromatic N) is 2. The number of fused-ring (bicyclic) bond motifs is 1. The number of amides is 1. The van der Waals surface area contributed by atoms with Gasteiger partial charge in [0.2, 0.25) is 5.91 Å². The van der Waals surface area contributed by atoms with Crippen molar-refractivity contribution in [2.24, 2.45) is 0 Å². The van der Waals surface area contributed by atoms with E-state index in [0.717, 1.165) is 0 Å². The van der Waals surface area contributed by atoms with Gasteiger partial charge in [-0.15, -0.1) is 11.3 Å². The van der Waals surface area contributed by atoms with Gasteiger partial charge in [0.25, 0.3) is 5.56 Å². The Morgan fingerprint density at radius 3 is 2.89 bits per heavy atom. The summed E-state index contributed by atoms with van der Waals surface area (Å²) in [6.07, 6.45) is 0. The van der Waals surface area contributed by atoms with Crippen LogP contribution in [0.5, 0.6) is 0 Å². The molecule has 0 radical (unpaired) electrons. The Morgan fingerprint density at radius 1 is 1.58 bits per heavy atom. The molecule has 0 aliphatic carbocycles. The Kier molecular flexibility index (Phi) is 3.78. The SMILES string of the molecule is CN(Cc1nc2ccsc2c(=O)[nH]1)C(=O)C(C)(C)Br. The summed E-state index contributed by atoms with van der Waals surface area (Å²) in [4.78, 5) is 32.4. The van der Waals surface area contributed by atoms with E-state index in [2.05, 4.69) is 25.9 Å². The second-order valence-corrected chi connectivity index (χ2v) is 7.68. The van der Waals surface area contributed by atoms with E-state index >= 15 is 0 Å². The van der Waals surface area contributed by atoms with Crippen LogP contribution in [0, 0.1) is 0 Å². The summed E-state index contributed by atoms with van der Waals surface area (Å²) < 4.78 is -0.0207. The minimum atomic E-state index is -0.630. The maximum Gasteiger partial charge on any atom is 0.268 e. The Bertz CT molecular complexity index is 671. The summed E-state index contributed by atoms with van der Waals surface area (Å²) in [5, 5.41) is 1.83. The van der Waals surface area contributed by atoms with E-state index in [0.29, 0.717) is 16.0 Å². The zero-order valence-corrected chi connectivity index (χ0v) is 13.3. The summed E-state index contributed by atoms with van der Waals surface area (Å²) in [6.45, 7) is 3.84. The summed E-state index contributed by atoms with van der Waals surface area (Å²) in [5.41, 5.74) is 0.511. The molecule has 1 N–H and O–H groups in total. The van der Waals surface area contributed by atoms with E-state index in [1.165, 1.54) is 16.2 Å². The van der Waals surface area contributed by atoms with E-state index < -0.39 is 4.32 Å². The molecule has 0 bridgehead atoms. The van der Waals surface area contributed by atoms with Gasteiger partial charge < -0.3 is 9.88 Å². The first kappa shape index (κ1) is 14.2. The van der Waals surface area contributed by atoms with Crippen LogP contribution < -0.4 is 5.56 Å². The maximum absolute atomic E-state index is 12.0. The molecule has 1 amide bonds. The molecule has 102 valence electrons. The largest absolute Gasteiger partial charge is 0.337 e. The number of thiophene rings is 1. The number of aromatic amines is 1. The third kappa shape index (κ3) is 3.03. The molecule has 0 fully saturated rings. The average molecular weight is 344 g/mol. The predicted octanol–water partition coefficient (Wildman–Crippen LogP) is 2.12. The minimum absolute atomic E-state index is 0.0689. The van der Waals surface area contributed by atoms with Gasteiger partial charge >= 0.3 is 0 Å². The summed E-state index contributed by atoms with van der Waals surface area (Å²) in [7, 11) is 1.68. The second kappa shape index (κ2) is 5.05. The number of alkyl halides is 1. The maximum atomic E-state index is 12.0. The molecule has 2 rings (SSSR count). The van der Waals surface area contributed by atoms with Crippen molar-refractivity contribution in [1.29, 1.82) is 0 Å². The van der Waals surface area contributed by atoms with Crippen molar-refractivity contribution in [3.05, 3.63) is 27.6 Å². The molecule has 0 aliphatic heterocycles. The molecule has 0 aromatic carbocycles. The Labute approximate surface area is 122 Å². The second-order valence-electron chi connectivity index (χ2n) is 4.78. The molecule has 0 aliphatic rings. The van der Waals surface area contributed by atoms with Gasteiger partial charge in [0.1, 0.15) is 10.5 Å². The van der Waals surface area contributed by atoms with Crippen molar-refractivity contribution in [3.63, 3.8) is 0 Å². The Balaban J connectivity index is 2.26. The first-order chi connectivity index (χ1) is 8.79. The van der Waals surface area contributed by atoms with Crippen LogP contribution >= 0.6 is 27.3 Å². The fourth-order valence-corrected chi connectivity index (χ4v) is 2.78. The standard InChI is InChI=1S/C12H14BrN3O2S/c1-12(2,13)11(18)16(3)6-8-14-7-4-5-19-9(7)10(17)15-8/h4-5H,6H2,1-3H3,(H,14,15,17). The molecule has 7 heteroatoms. The average Bonchev–Trinajstić information content (AvgIpc) is 2.75. The lowest BCUT2D eigenvalue weighted by molar-refractivity contribution is -0.132. The highest BCUT2D eigenvalue weighted by atomic mass is 79.9. The number of carbonyl (C=O) groups excluding carboxylic acids is 1. The van der Waals surface area contributed by atoms with Crippen molar-refractivity contribution in [2.45, 2.75) is 24.7 Å². The van der Waals surface area contributed by atoms with E-state index in [1.807, 2.05) is 5.38 Å². The number of hydrogen-bond acceptors (Lipinski definition) is 4. The van der Waals surface area contributed by atoms with Gasteiger partial charge in [0, 0.05) is 7.05 Å². The fourth-order valence-electron chi connectivity index (χ4n) is 1.75. The third-order valence-corrected chi connectivity index (χ3v) is 3.85. The van der Waals surface area contributed by atoms with Crippen LogP contribution in [0.3, 0.4) is 0 Å². The summed E-state index contributed by atoms with van der Waals surface area (Å²) in [5.74, 6) is 0.420. The van der Waals surface area contributed by atoms with E-state index in [-0.39, 0.29) is 18.0 Å². The van der Waals surface area contributed by atoms with Gasteiger partial charge in [-0.2, -0.15) is 0 Å². The smallest absolute Gasteiger partial charge is 0.268 e. The van der Waals surface area contributed by atoms with Crippen LogP contribution in [-0.2, 0) is 11.3 Å². The topological polar surface area (TPSA) is 66.1 Å². The third-order valence-electron chi connectivity index (χ3n) is 2.61. The number of nitrogens with one attached hydrogen (secondary N) is 1.